The van der Waals surface area contributed by atoms with E-state index in [0.717, 1.165) is 5.56 Å². The van der Waals surface area contributed by atoms with Crippen molar-refractivity contribution in [1.82, 2.24) is 5.32 Å². The molecule has 0 bridgehead atoms. The van der Waals surface area contributed by atoms with Gasteiger partial charge in [-0.15, -0.1) is 0 Å². The number of nitrogens with one attached hydrogen (secondary N) is 1. The predicted molar refractivity (Wildman–Crippen MR) is 139 cm³/mol. The second kappa shape index (κ2) is 11.2. The molecule has 0 saturated carbocycles. The number of carbonyl (C=O) groups excluding carboxylic acids is 2. The second-order valence-electron chi connectivity index (χ2n) is 8.63. The number of furan rings is 1. The Bertz CT molecular complexity index is 1290. The molecule has 36 heavy (non-hydrogen) atoms. The van der Waals surface area contributed by atoms with E-state index in [1.54, 1.807) is 43.5 Å². The Morgan fingerprint density at radius 3 is 2.47 bits per heavy atom. The highest BCUT2D eigenvalue weighted by Crippen LogP contribution is 2.42. The van der Waals surface area contributed by atoms with Gasteiger partial charge in [0.15, 0.2) is 0 Å². The van der Waals surface area contributed by atoms with E-state index in [-0.39, 0.29) is 18.0 Å². The minimum atomic E-state index is -0.565. The number of thioether (sulfide) groups is 1. The Morgan fingerprint density at radius 2 is 1.89 bits per heavy atom. The molecule has 4 rings (SSSR count). The number of hydrogen-bond donors (Lipinski definition) is 1. The van der Waals surface area contributed by atoms with Crippen molar-refractivity contribution in [2.24, 2.45) is 0 Å². The summed E-state index contributed by atoms with van der Waals surface area (Å²) < 4.78 is 10.5. The highest BCUT2D eigenvalue weighted by molar-refractivity contribution is 8.05. The molecule has 0 radical (unpaired) electrons. The van der Waals surface area contributed by atoms with Gasteiger partial charge >= 0.3 is 0 Å². The fourth-order valence-corrected chi connectivity index (χ4v) is 5.18. The number of rotatable bonds is 8. The lowest BCUT2D eigenvalue weighted by Crippen LogP contribution is -2.32. The van der Waals surface area contributed by atoms with Crippen LogP contribution in [0.3, 0.4) is 0 Å². The van der Waals surface area contributed by atoms with Crippen molar-refractivity contribution in [3.63, 3.8) is 0 Å². The molecule has 0 spiro atoms. The molecule has 8 heteroatoms. The maximum atomic E-state index is 13.6. The summed E-state index contributed by atoms with van der Waals surface area (Å²) in [6.45, 7) is 4.40. The molecule has 1 saturated heterocycles. The third kappa shape index (κ3) is 5.47. The van der Waals surface area contributed by atoms with E-state index in [0.29, 0.717) is 34.6 Å². The van der Waals surface area contributed by atoms with Crippen molar-refractivity contribution in [3.8, 4) is 11.8 Å². The molecule has 1 aliphatic heterocycles. The zero-order chi connectivity index (χ0) is 25.7. The normalized spacial score (nSPS) is 16.7. The monoisotopic (exact) mass is 501 g/mol. The van der Waals surface area contributed by atoms with Gasteiger partial charge in [-0.2, -0.15) is 5.26 Å². The molecule has 0 aliphatic carbocycles. The standard InChI is InChI=1S/C28H27N3O4S/c1-18(2)20-8-6-19(7-9-20)15-25-27(33)31(21-10-12-22(34-3)13-11-21)28(36-25)24(16-29)26(32)30-17-23-5-4-14-35-23/h4-14,18,25H,15,17H2,1-3H3,(H,30,32)/b28-24-. The first-order valence-electron chi connectivity index (χ1n) is 11.6. The Kier molecular flexibility index (Phi) is 7.81. The number of ether oxygens (including phenoxy) is 1. The molecular formula is C28H27N3O4S. The van der Waals surface area contributed by atoms with Crippen LogP contribution >= 0.6 is 11.8 Å². The third-order valence-electron chi connectivity index (χ3n) is 5.91. The van der Waals surface area contributed by atoms with Crippen LogP contribution in [0.15, 0.2) is 81.9 Å². The third-order valence-corrected chi connectivity index (χ3v) is 7.17. The van der Waals surface area contributed by atoms with Gasteiger partial charge in [0, 0.05) is 5.69 Å². The zero-order valence-electron chi connectivity index (χ0n) is 20.4. The molecule has 1 N–H and O–H groups in total. The van der Waals surface area contributed by atoms with Crippen LogP contribution in [0.2, 0.25) is 0 Å². The summed E-state index contributed by atoms with van der Waals surface area (Å²) in [5, 5.41) is 12.5. The second-order valence-corrected chi connectivity index (χ2v) is 9.82. The van der Waals surface area contributed by atoms with Crippen LogP contribution in [0.25, 0.3) is 0 Å². The quantitative estimate of drug-likeness (QED) is 0.339. The number of methoxy groups -OCH3 is 1. The van der Waals surface area contributed by atoms with Gasteiger partial charge in [0.05, 0.1) is 25.2 Å². The van der Waals surface area contributed by atoms with Crippen LogP contribution in [0.4, 0.5) is 5.69 Å². The van der Waals surface area contributed by atoms with Gasteiger partial charge in [-0.3, -0.25) is 14.5 Å². The van der Waals surface area contributed by atoms with E-state index in [4.69, 9.17) is 9.15 Å². The van der Waals surface area contributed by atoms with E-state index >= 15 is 0 Å². The Hall–Kier alpha value is -3.96. The smallest absolute Gasteiger partial charge is 0.265 e. The predicted octanol–water partition coefficient (Wildman–Crippen LogP) is 5.15. The molecule has 2 heterocycles. The van der Waals surface area contributed by atoms with Crippen LogP contribution in [0, 0.1) is 11.3 Å². The molecule has 2 amide bonds. The summed E-state index contributed by atoms with van der Waals surface area (Å²) in [5.74, 6) is 0.876. The first-order valence-corrected chi connectivity index (χ1v) is 12.5. The van der Waals surface area contributed by atoms with E-state index < -0.39 is 11.2 Å². The van der Waals surface area contributed by atoms with Crippen LogP contribution in [-0.2, 0) is 22.6 Å². The average molecular weight is 502 g/mol. The molecule has 1 aromatic heterocycles. The topological polar surface area (TPSA) is 95.6 Å². The molecule has 2 aromatic carbocycles. The lowest BCUT2D eigenvalue weighted by molar-refractivity contribution is -0.117. The summed E-state index contributed by atoms with van der Waals surface area (Å²) in [6, 6.07) is 20.7. The van der Waals surface area contributed by atoms with Crippen molar-refractivity contribution >= 4 is 29.3 Å². The fraction of sp³-hybridized carbons (Fsp3) is 0.250. The molecule has 1 unspecified atom stereocenters. The van der Waals surface area contributed by atoms with E-state index in [1.165, 1.54) is 28.5 Å². The molecule has 3 aromatic rings. The molecule has 184 valence electrons. The molecule has 1 atom stereocenters. The highest BCUT2D eigenvalue weighted by atomic mass is 32.2. The first-order chi connectivity index (χ1) is 17.4. The highest BCUT2D eigenvalue weighted by Gasteiger charge is 2.40. The molecule has 1 fully saturated rings. The van der Waals surface area contributed by atoms with Gasteiger partial charge in [0.1, 0.15) is 28.2 Å². The van der Waals surface area contributed by atoms with Crippen molar-refractivity contribution in [1.29, 1.82) is 5.26 Å². The van der Waals surface area contributed by atoms with Crippen molar-refractivity contribution in [2.75, 3.05) is 12.0 Å². The zero-order valence-corrected chi connectivity index (χ0v) is 21.2. The SMILES string of the molecule is COc1ccc(N2C(=O)C(Cc3ccc(C(C)C)cc3)S/C2=C(/C#N)C(=O)NCc2ccco2)cc1. The van der Waals surface area contributed by atoms with E-state index in [9.17, 15) is 14.9 Å². The van der Waals surface area contributed by atoms with Crippen molar-refractivity contribution in [3.05, 3.63) is 94.4 Å². The number of amides is 2. The van der Waals surface area contributed by atoms with E-state index in [2.05, 4.69) is 31.3 Å². The largest absolute Gasteiger partial charge is 0.497 e. The van der Waals surface area contributed by atoms with Crippen molar-refractivity contribution in [2.45, 2.75) is 38.0 Å². The minimum Gasteiger partial charge on any atom is -0.497 e. The lowest BCUT2D eigenvalue weighted by atomic mass is 10.00. The number of anilines is 1. The maximum absolute atomic E-state index is 13.6. The fourth-order valence-electron chi connectivity index (χ4n) is 3.87. The summed E-state index contributed by atoms with van der Waals surface area (Å²) in [7, 11) is 1.56. The Balaban J connectivity index is 1.65. The van der Waals surface area contributed by atoms with Gasteiger partial charge in [-0.25, -0.2) is 0 Å². The van der Waals surface area contributed by atoms with Crippen LogP contribution in [-0.4, -0.2) is 24.2 Å². The number of nitriles is 1. The average Bonchev–Trinajstić information content (AvgIpc) is 3.52. The minimum absolute atomic E-state index is 0.117. The Morgan fingerprint density at radius 1 is 1.17 bits per heavy atom. The summed E-state index contributed by atoms with van der Waals surface area (Å²) in [6.07, 6.45) is 1.99. The summed E-state index contributed by atoms with van der Waals surface area (Å²) in [5.41, 5.74) is 2.69. The van der Waals surface area contributed by atoms with Gasteiger partial charge < -0.3 is 14.5 Å². The summed E-state index contributed by atoms with van der Waals surface area (Å²) >= 11 is 1.24. The van der Waals surface area contributed by atoms with Crippen LogP contribution < -0.4 is 15.0 Å². The van der Waals surface area contributed by atoms with E-state index in [1.807, 2.05) is 18.2 Å². The van der Waals surface area contributed by atoms with Gasteiger partial charge in [-0.05, 0) is 59.9 Å². The number of hydrogen-bond acceptors (Lipinski definition) is 6. The van der Waals surface area contributed by atoms with Gasteiger partial charge in [0.25, 0.3) is 5.91 Å². The molecule has 7 nitrogen and oxygen atoms in total. The Labute approximate surface area is 214 Å². The molecular weight excluding hydrogens is 474 g/mol. The van der Waals surface area contributed by atoms with Gasteiger partial charge in [0.2, 0.25) is 5.91 Å². The maximum Gasteiger partial charge on any atom is 0.265 e. The summed E-state index contributed by atoms with van der Waals surface area (Å²) in [4.78, 5) is 28.1. The van der Waals surface area contributed by atoms with Crippen molar-refractivity contribution < 1.29 is 18.7 Å². The lowest BCUT2D eigenvalue weighted by Gasteiger charge is -2.19. The number of nitrogens with zero attached hydrogens (tertiary/aromatic N) is 2. The number of carbonyl (C=O) groups is 2. The molecule has 1 aliphatic rings. The first kappa shape index (κ1) is 25.1. The number of benzene rings is 2. The van der Waals surface area contributed by atoms with Gasteiger partial charge in [-0.1, -0.05) is 49.9 Å². The van der Waals surface area contributed by atoms with Crippen LogP contribution in [0.5, 0.6) is 5.75 Å². The van der Waals surface area contributed by atoms with Crippen LogP contribution in [0.1, 0.15) is 36.7 Å².